The van der Waals surface area contributed by atoms with Gasteiger partial charge in [0, 0.05) is 114 Å². The molecule has 0 N–H and O–H groups in total. The monoisotopic (exact) mass is 1950 g/mol. The molecule has 4 aromatic heterocycles. The van der Waals surface area contributed by atoms with Gasteiger partial charge < -0.3 is 23.7 Å². The van der Waals surface area contributed by atoms with E-state index in [4.69, 9.17) is 23.7 Å². The van der Waals surface area contributed by atoms with Crippen LogP contribution >= 0.6 is 11.8 Å². The molecule has 0 fully saturated rings. The number of nitrogens with zero attached hydrogens (tertiary/aromatic N) is 8. The van der Waals surface area contributed by atoms with Gasteiger partial charge in [-0.2, -0.15) is 11.8 Å². The second-order valence-corrected chi connectivity index (χ2v) is 20.6. The Morgan fingerprint density at radius 2 is 0.674 bits per heavy atom. The first kappa shape index (κ1) is 74.8. The van der Waals surface area contributed by atoms with Gasteiger partial charge in [0.25, 0.3) is 0 Å². The van der Waals surface area contributed by atoms with Crippen molar-refractivity contribution < 1.29 is 104 Å². The van der Waals surface area contributed by atoms with Crippen molar-refractivity contribution in [1.29, 1.82) is 0 Å². The molecule has 0 amide bonds. The van der Waals surface area contributed by atoms with E-state index in [-0.39, 0.29) is 80.4 Å². The summed E-state index contributed by atoms with van der Waals surface area (Å²) in [6, 6.07) is 71.9. The molecule has 0 saturated heterocycles. The summed E-state index contributed by atoms with van der Waals surface area (Å²) < 4.78 is 26.1. The number of aryl methyl sites for hydroxylation is 4. The summed E-state index contributed by atoms with van der Waals surface area (Å²) in [4.78, 5) is 36.2. The van der Waals surface area contributed by atoms with Crippen molar-refractivity contribution in [1.82, 2.24) is 39.9 Å². The Bertz CT molecular complexity index is 4100. The third kappa shape index (κ3) is 20.0. The Hall–Kier alpha value is -7.97. The van der Waals surface area contributed by atoms with Gasteiger partial charge in [-0.05, 0) is 121 Å². The van der Waals surface area contributed by atoms with Crippen LogP contribution in [0.15, 0.2) is 212 Å². The summed E-state index contributed by atoms with van der Waals surface area (Å²) >= 11 is 1.71. The standard InChI is InChI=1S/C19H17N2O.C19H17N2S.2C18H15N2O2.4Ir/c1-13-6-4-7-14(2)19(13)18-11-17(20-12-21-18)15-8-5-9-16(10-15)22-3;1-13-5-4-6-14(2)19(13)18-11-17(20-12-21-18)15-7-9-16(22-3)10-8-15;1-21-15-7-3-13(4-8-15)17-11-18(20-12-19-17)14-5-9-16(22-2)10-6-14;1-21-15-7-3-5-13(9-15)17-11-18(20-12-19-17)14-6-4-8-16(10-14)22-2;;;;/h2*4-7,9-12H,1-3H3;2*3-5,7-12H,1-2H3;;;;/q4*-1;;;;. The molecule has 0 spiro atoms. The number of benzene rings is 8. The summed E-state index contributed by atoms with van der Waals surface area (Å²) in [6.07, 6.45) is 8.41. The van der Waals surface area contributed by atoms with Crippen LogP contribution in [-0.2, 0) is 80.4 Å². The smallest absolute Gasteiger partial charge is 0.119 e. The van der Waals surface area contributed by atoms with E-state index in [0.29, 0.717) is 0 Å². The average molecular weight is 1950 g/mol. The molecule has 0 aliphatic heterocycles. The maximum Gasteiger partial charge on any atom is 0.119 e. The zero-order valence-corrected chi connectivity index (χ0v) is 62.4. The second kappa shape index (κ2) is 37.5. The van der Waals surface area contributed by atoms with Crippen molar-refractivity contribution in [3.05, 3.63) is 254 Å². The summed E-state index contributed by atoms with van der Waals surface area (Å²) in [6.45, 7) is 8.43. The molecule has 92 heavy (non-hydrogen) atoms. The van der Waals surface area contributed by atoms with Crippen LogP contribution in [0, 0.1) is 52.0 Å². The summed E-state index contributed by atoms with van der Waals surface area (Å²) in [7, 11) is 8.23. The van der Waals surface area contributed by atoms with Gasteiger partial charge in [0.1, 0.15) is 36.8 Å². The van der Waals surface area contributed by atoms with Crippen LogP contribution in [0.5, 0.6) is 28.7 Å². The van der Waals surface area contributed by atoms with E-state index < -0.39 is 0 Å². The van der Waals surface area contributed by atoms with Crippen LogP contribution in [0.1, 0.15) is 22.3 Å². The van der Waals surface area contributed by atoms with E-state index in [1.54, 1.807) is 78.7 Å². The number of hydrogen-bond acceptors (Lipinski definition) is 14. The predicted molar refractivity (Wildman–Crippen MR) is 350 cm³/mol. The molecule has 0 unspecified atom stereocenters. The summed E-state index contributed by atoms with van der Waals surface area (Å²) in [5.74, 6) is 3.96. The molecule has 8 aromatic carbocycles. The molecular weight excluding hydrogens is 1880 g/mol. The molecule has 12 aromatic rings. The number of hydrogen-bond donors (Lipinski definition) is 0. The topological polar surface area (TPSA) is 149 Å². The molecule has 4 heterocycles. The molecule has 12 rings (SSSR count). The minimum absolute atomic E-state index is 0. The Kier molecular flexibility index (Phi) is 30.5. The van der Waals surface area contributed by atoms with E-state index in [2.05, 4.69) is 147 Å². The van der Waals surface area contributed by atoms with Crippen LogP contribution in [-0.4, -0.2) is 81.7 Å². The van der Waals surface area contributed by atoms with Crippen molar-refractivity contribution in [2.45, 2.75) is 32.6 Å². The number of methoxy groups -OCH3 is 5. The molecule has 18 heteroatoms. The fourth-order valence-electron chi connectivity index (χ4n) is 9.42. The number of rotatable bonds is 14. The maximum absolute atomic E-state index is 5.27. The Labute approximate surface area is 597 Å². The molecule has 0 aliphatic carbocycles. The normalized spacial score (nSPS) is 9.98. The van der Waals surface area contributed by atoms with Crippen LogP contribution < -0.4 is 23.7 Å². The first-order chi connectivity index (χ1) is 43.0. The molecule has 476 valence electrons. The number of aromatic nitrogens is 8. The predicted octanol–water partition coefficient (Wildman–Crippen LogP) is 16.4. The zero-order chi connectivity index (χ0) is 61.8. The van der Waals surface area contributed by atoms with E-state index in [1.165, 1.54) is 32.7 Å². The van der Waals surface area contributed by atoms with Crippen LogP contribution in [0.4, 0.5) is 0 Å². The third-order valence-corrected chi connectivity index (χ3v) is 14.8. The first-order valence-electron chi connectivity index (χ1n) is 27.9. The summed E-state index contributed by atoms with van der Waals surface area (Å²) in [5.41, 5.74) is 19.8. The van der Waals surface area contributed by atoms with Gasteiger partial charge in [-0.3, -0.25) is 19.9 Å². The minimum atomic E-state index is 0. The largest absolute Gasteiger partial charge is 0.540 e. The molecule has 4 radical (unpaired) electrons. The van der Waals surface area contributed by atoms with Gasteiger partial charge in [-0.25, -0.2) is 19.9 Å². The van der Waals surface area contributed by atoms with Crippen molar-refractivity contribution in [2.75, 3.05) is 41.8 Å². The van der Waals surface area contributed by atoms with Gasteiger partial charge in [-0.15, -0.1) is 119 Å². The number of ether oxygens (including phenoxy) is 5. The second-order valence-electron chi connectivity index (χ2n) is 19.7. The van der Waals surface area contributed by atoms with Crippen molar-refractivity contribution in [2.24, 2.45) is 0 Å². The molecular formula is C74H64Ir4N8O5S-4. The Morgan fingerprint density at radius 3 is 1.09 bits per heavy atom. The number of thioether (sulfide) groups is 1. The first-order valence-corrected chi connectivity index (χ1v) is 29.1. The summed E-state index contributed by atoms with van der Waals surface area (Å²) in [5, 5.41) is 0. The van der Waals surface area contributed by atoms with Crippen molar-refractivity contribution in [3.63, 3.8) is 0 Å². The maximum atomic E-state index is 5.27. The Morgan fingerprint density at radius 1 is 0.304 bits per heavy atom. The molecule has 0 atom stereocenters. The fraction of sp³-hybridized carbons (Fsp3) is 0.135. The quantitative estimate of drug-likeness (QED) is 0.0750. The molecule has 13 nitrogen and oxygen atoms in total. The van der Waals surface area contributed by atoms with Crippen molar-refractivity contribution in [3.8, 4) is 119 Å². The van der Waals surface area contributed by atoms with Gasteiger partial charge >= 0.3 is 0 Å². The zero-order valence-electron chi connectivity index (χ0n) is 52.0. The van der Waals surface area contributed by atoms with Gasteiger partial charge in [0.15, 0.2) is 0 Å². The molecule has 0 bridgehead atoms. The fourth-order valence-corrected chi connectivity index (χ4v) is 9.80. The van der Waals surface area contributed by atoms with E-state index in [1.807, 2.05) is 127 Å². The van der Waals surface area contributed by atoms with Gasteiger partial charge in [-0.1, -0.05) is 77.7 Å². The third-order valence-electron chi connectivity index (χ3n) is 14.1. The van der Waals surface area contributed by atoms with Gasteiger partial charge in [0.2, 0.25) is 0 Å². The van der Waals surface area contributed by atoms with Crippen molar-refractivity contribution >= 4 is 11.8 Å². The van der Waals surface area contributed by atoms with Gasteiger partial charge in [0.05, 0.1) is 58.3 Å². The van der Waals surface area contributed by atoms with E-state index >= 15 is 0 Å². The average Bonchev–Trinajstić information content (AvgIpc) is 1.41. The molecule has 0 aliphatic rings. The van der Waals surface area contributed by atoms with Crippen LogP contribution in [0.25, 0.3) is 90.1 Å². The van der Waals surface area contributed by atoms with Crippen LogP contribution in [0.2, 0.25) is 0 Å². The minimum Gasteiger partial charge on any atom is -0.540 e. The molecule has 0 saturated carbocycles. The SMILES string of the molecule is COc1c[c-]c(-c2cc(-c3ccc(OC)cc3)ncn2)cc1.COc1cc[c-]c(-c2cc(-c3c(C)cccc3C)ncn2)c1.COc1cc[c-]c(-c2cc(-c3cccc(OC)c3)ncn2)c1.CSc1c[c-]c(-c2cc(-c3c(C)cccc3C)ncn2)cc1.[Ir].[Ir].[Ir].[Ir]. The Balaban J connectivity index is 0.000000219. The van der Waals surface area contributed by atoms with E-state index in [0.717, 1.165) is 113 Å². The van der Waals surface area contributed by atoms with Crippen LogP contribution in [0.3, 0.4) is 0 Å². The van der Waals surface area contributed by atoms with E-state index in [9.17, 15) is 0 Å².